The van der Waals surface area contributed by atoms with Crippen LogP contribution in [0, 0.1) is 0 Å². The van der Waals surface area contributed by atoms with Crippen LogP contribution in [0.1, 0.15) is 6.42 Å². The number of halogens is 2. The zero-order valence-electron chi connectivity index (χ0n) is 7.63. The minimum Gasteiger partial charge on any atom is -0.304 e. The summed E-state index contributed by atoms with van der Waals surface area (Å²) in [6.45, 7) is 6.03. The molecule has 1 heterocycles. The maximum absolute atomic E-state index is 5.61. The molecule has 0 aliphatic carbocycles. The van der Waals surface area contributed by atoms with E-state index in [1.54, 1.807) is 0 Å². The average molecular weight is 213 g/mol. The van der Waals surface area contributed by atoms with E-state index in [4.69, 9.17) is 11.6 Å². The van der Waals surface area contributed by atoms with Crippen LogP contribution >= 0.6 is 24.0 Å². The van der Waals surface area contributed by atoms with Crippen molar-refractivity contribution in [3.05, 3.63) is 0 Å². The highest BCUT2D eigenvalue weighted by atomic mass is 35.5. The van der Waals surface area contributed by atoms with Gasteiger partial charge in [0.2, 0.25) is 0 Å². The zero-order chi connectivity index (χ0) is 8.10. The largest absolute Gasteiger partial charge is 0.304 e. The van der Waals surface area contributed by atoms with Gasteiger partial charge < -0.3 is 9.80 Å². The maximum atomic E-state index is 5.61. The van der Waals surface area contributed by atoms with E-state index >= 15 is 0 Å². The SMILES string of the molecule is CN1CCN(CCCCl)CC1.Cl. The van der Waals surface area contributed by atoms with E-state index in [2.05, 4.69) is 16.8 Å². The smallest absolute Gasteiger partial charge is 0.0235 e. The lowest BCUT2D eigenvalue weighted by Gasteiger charge is -2.32. The summed E-state index contributed by atoms with van der Waals surface area (Å²) in [6.07, 6.45) is 1.13. The van der Waals surface area contributed by atoms with Gasteiger partial charge in [0.05, 0.1) is 0 Å². The highest BCUT2D eigenvalue weighted by Gasteiger charge is 2.12. The topological polar surface area (TPSA) is 6.48 Å². The lowest BCUT2D eigenvalue weighted by Crippen LogP contribution is -2.44. The fourth-order valence-corrected chi connectivity index (χ4v) is 1.47. The third kappa shape index (κ3) is 4.51. The Hall–Kier alpha value is 0.500. The van der Waals surface area contributed by atoms with Gasteiger partial charge in [0, 0.05) is 32.1 Å². The van der Waals surface area contributed by atoms with Crippen LogP contribution in [-0.4, -0.2) is 55.5 Å². The quantitative estimate of drug-likeness (QED) is 0.652. The molecule has 1 fully saturated rings. The Morgan fingerprint density at radius 1 is 1.17 bits per heavy atom. The van der Waals surface area contributed by atoms with E-state index in [-0.39, 0.29) is 12.4 Å². The van der Waals surface area contributed by atoms with Gasteiger partial charge in [-0.1, -0.05) is 0 Å². The van der Waals surface area contributed by atoms with E-state index in [0.717, 1.165) is 12.3 Å². The summed E-state index contributed by atoms with van der Waals surface area (Å²) in [4.78, 5) is 4.86. The summed E-state index contributed by atoms with van der Waals surface area (Å²) >= 11 is 5.61. The van der Waals surface area contributed by atoms with Gasteiger partial charge in [-0.15, -0.1) is 24.0 Å². The van der Waals surface area contributed by atoms with E-state index in [9.17, 15) is 0 Å². The van der Waals surface area contributed by atoms with E-state index in [1.165, 1.54) is 32.7 Å². The number of piperazine rings is 1. The summed E-state index contributed by atoms with van der Waals surface area (Å²) in [5.41, 5.74) is 0. The van der Waals surface area contributed by atoms with Crippen molar-refractivity contribution in [1.29, 1.82) is 0 Å². The molecule has 1 rings (SSSR count). The normalized spacial score (nSPS) is 20.5. The van der Waals surface area contributed by atoms with Gasteiger partial charge in [-0.05, 0) is 20.0 Å². The van der Waals surface area contributed by atoms with E-state index in [0.29, 0.717) is 0 Å². The molecule has 1 aliphatic heterocycles. The van der Waals surface area contributed by atoms with Crippen molar-refractivity contribution >= 4 is 24.0 Å². The van der Waals surface area contributed by atoms with Gasteiger partial charge in [0.25, 0.3) is 0 Å². The maximum Gasteiger partial charge on any atom is 0.0235 e. The number of likely N-dealkylation sites (N-methyl/N-ethyl adjacent to an activating group) is 1. The first-order valence-corrected chi connectivity index (χ1v) is 4.83. The van der Waals surface area contributed by atoms with Crippen molar-refractivity contribution in [2.24, 2.45) is 0 Å². The van der Waals surface area contributed by atoms with Crippen LogP contribution in [0.5, 0.6) is 0 Å². The third-order valence-corrected chi connectivity index (χ3v) is 2.47. The third-order valence-electron chi connectivity index (χ3n) is 2.20. The average Bonchev–Trinajstić information content (AvgIpc) is 2.04. The Balaban J connectivity index is 0.00000121. The van der Waals surface area contributed by atoms with Crippen LogP contribution in [0.15, 0.2) is 0 Å². The van der Waals surface area contributed by atoms with Gasteiger partial charge in [-0.3, -0.25) is 0 Å². The highest BCUT2D eigenvalue weighted by molar-refractivity contribution is 6.17. The molecule has 0 radical (unpaired) electrons. The second kappa shape index (κ2) is 6.96. The molecule has 1 saturated heterocycles. The molecule has 0 saturated carbocycles. The molecule has 74 valence electrons. The first-order valence-electron chi connectivity index (χ1n) is 4.30. The molecule has 0 spiro atoms. The Labute approximate surface area is 86.3 Å². The Morgan fingerprint density at radius 2 is 1.75 bits per heavy atom. The molecule has 0 aromatic rings. The Bertz CT molecular complexity index is 100. The van der Waals surface area contributed by atoms with E-state index in [1.807, 2.05) is 0 Å². The lowest BCUT2D eigenvalue weighted by atomic mass is 10.3. The summed E-state index contributed by atoms with van der Waals surface area (Å²) in [5.74, 6) is 0.798. The molecule has 4 heteroatoms. The van der Waals surface area contributed by atoms with Crippen LogP contribution < -0.4 is 0 Å². The van der Waals surface area contributed by atoms with Crippen molar-refractivity contribution in [3.8, 4) is 0 Å². The predicted molar refractivity (Wildman–Crippen MR) is 56.5 cm³/mol. The van der Waals surface area contributed by atoms with Gasteiger partial charge >= 0.3 is 0 Å². The van der Waals surface area contributed by atoms with Crippen LogP contribution in [0.2, 0.25) is 0 Å². The molecule has 2 nitrogen and oxygen atoms in total. The van der Waals surface area contributed by atoms with Crippen molar-refractivity contribution in [1.82, 2.24) is 9.80 Å². The number of hydrogen-bond acceptors (Lipinski definition) is 2. The second-order valence-electron chi connectivity index (χ2n) is 3.19. The standard InChI is InChI=1S/C8H17ClN2.ClH/c1-10-5-7-11(8-6-10)4-2-3-9;/h2-8H2,1H3;1H. The van der Waals surface area contributed by atoms with Gasteiger partial charge in [0.15, 0.2) is 0 Å². The lowest BCUT2D eigenvalue weighted by molar-refractivity contribution is 0.154. The molecule has 0 unspecified atom stereocenters. The first-order chi connectivity index (χ1) is 5.33. The van der Waals surface area contributed by atoms with Crippen LogP contribution in [0.25, 0.3) is 0 Å². The number of alkyl halides is 1. The van der Waals surface area contributed by atoms with Crippen LogP contribution in [0.4, 0.5) is 0 Å². The minimum atomic E-state index is 0. The molecule has 0 aromatic carbocycles. The van der Waals surface area contributed by atoms with Gasteiger partial charge in [0.1, 0.15) is 0 Å². The Morgan fingerprint density at radius 3 is 2.25 bits per heavy atom. The molecular formula is C8H18Cl2N2. The molecule has 0 N–H and O–H groups in total. The molecular weight excluding hydrogens is 195 g/mol. The number of rotatable bonds is 3. The number of hydrogen-bond donors (Lipinski definition) is 0. The molecule has 0 atom stereocenters. The molecule has 0 aromatic heterocycles. The van der Waals surface area contributed by atoms with Crippen LogP contribution in [0.3, 0.4) is 0 Å². The van der Waals surface area contributed by atoms with Crippen molar-refractivity contribution in [2.45, 2.75) is 6.42 Å². The predicted octanol–water partition coefficient (Wildman–Crippen LogP) is 1.28. The van der Waals surface area contributed by atoms with Crippen molar-refractivity contribution in [3.63, 3.8) is 0 Å². The monoisotopic (exact) mass is 212 g/mol. The van der Waals surface area contributed by atoms with Crippen molar-refractivity contribution < 1.29 is 0 Å². The Kier molecular flexibility index (Phi) is 7.25. The molecule has 0 bridgehead atoms. The molecule has 0 amide bonds. The minimum absolute atomic E-state index is 0. The van der Waals surface area contributed by atoms with E-state index < -0.39 is 0 Å². The zero-order valence-corrected chi connectivity index (χ0v) is 9.20. The summed E-state index contributed by atoms with van der Waals surface area (Å²) in [7, 11) is 2.18. The summed E-state index contributed by atoms with van der Waals surface area (Å²) < 4.78 is 0. The van der Waals surface area contributed by atoms with Crippen LogP contribution in [-0.2, 0) is 0 Å². The fourth-order valence-electron chi connectivity index (χ4n) is 1.35. The van der Waals surface area contributed by atoms with Crippen molar-refractivity contribution in [2.75, 3.05) is 45.7 Å². The summed E-state index contributed by atoms with van der Waals surface area (Å²) in [5, 5.41) is 0. The summed E-state index contributed by atoms with van der Waals surface area (Å²) in [6, 6.07) is 0. The molecule has 12 heavy (non-hydrogen) atoms. The van der Waals surface area contributed by atoms with Gasteiger partial charge in [-0.25, -0.2) is 0 Å². The fraction of sp³-hybridized carbons (Fsp3) is 1.00. The highest BCUT2D eigenvalue weighted by Crippen LogP contribution is 2.00. The second-order valence-corrected chi connectivity index (χ2v) is 3.57. The molecule has 1 aliphatic rings. The first kappa shape index (κ1) is 12.5. The van der Waals surface area contributed by atoms with Gasteiger partial charge in [-0.2, -0.15) is 0 Å². The number of nitrogens with zero attached hydrogens (tertiary/aromatic N) is 2.